The summed E-state index contributed by atoms with van der Waals surface area (Å²) in [4.78, 5) is 22.2. The Kier molecular flexibility index (Phi) is 2.87. The molecule has 1 saturated heterocycles. The number of halogens is 1. The monoisotopic (exact) mass is 306 g/mol. The number of nitrogens with one attached hydrogen (secondary N) is 1. The summed E-state index contributed by atoms with van der Waals surface area (Å²) < 4.78 is 0.899. The Morgan fingerprint density at radius 1 is 1.39 bits per heavy atom. The molecule has 1 fully saturated rings. The van der Waals surface area contributed by atoms with Crippen molar-refractivity contribution < 1.29 is 4.79 Å². The van der Waals surface area contributed by atoms with Crippen LogP contribution in [0.5, 0.6) is 0 Å². The van der Waals surface area contributed by atoms with Crippen LogP contribution in [0.2, 0.25) is 0 Å². The van der Waals surface area contributed by atoms with Gasteiger partial charge in [-0.1, -0.05) is 0 Å². The molecule has 0 atom stereocenters. The van der Waals surface area contributed by atoms with Crippen molar-refractivity contribution in [2.75, 3.05) is 24.5 Å². The lowest BCUT2D eigenvalue weighted by Gasteiger charge is -2.28. The van der Waals surface area contributed by atoms with Crippen molar-refractivity contribution in [3.8, 4) is 0 Å². The fourth-order valence-corrected chi connectivity index (χ4v) is 2.41. The van der Waals surface area contributed by atoms with Crippen LogP contribution in [0.15, 0.2) is 29.0 Å². The van der Waals surface area contributed by atoms with Crippen molar-refractivity contribution >= 4 is 38.6 Å². The minimum Gasteiger partial charge on any atom is -0.359 e. The smallest absolute Gasteiger partial charge is 0.239 e. The van der Waals surface area contributed by atoms with Gasteiger partial charge in [-0.2, -0.15) is 0 Å². The van der Waals surface area contributed by atoms with E-state index in [0.717, 1.165) is 27.7 Å². The molecule has 3 heterocycles. The van der Waals surface area contributed by atoms with Crippen LogP contribution in [0.4, 0.5) is 5.69 Å². The Morgan fingerprint density at radius 3 is 3.11 bits per heavy atom. The normalized spacial score (nSPS) is 15.8. The van der Waals surface area contributed by atoms with E-state index in [1.165, 1.54) is 0 Å². The summed E-state index contributed by atoms with van der Waals surface area (Å²) in [6.07, 6.45) is 3.50. The molecule has 6 heteroatoms. The second kappa shape index (κ2) is 4.53. The van der Waals surface area contributed by atoms with E-state index in [4.69, 9.17) is 0 Å². The molecule has 1 N–H and O–H groups in total. The largest absolute Gasteiger partial charge is 0.359 e. The van der Waals surface area contributed by atoms with Gasteiger partial charge in [-0.15, -0.1) is 0 Å². The molecular weight excluding hydrogens is 296 g/mol. The van der Waals surface area contributed by atoms with Crippen LogP contribution in [-0.4, -0.2) is 35.5 Å². The van der Waals surface area contributed by atoms with Crippen LogP contribution in [-0.2, 0) is 4.79 Å². The van der Waals surface area contributed by atoms with Crippen LogP contribution < -0.4 is 10.2 Å². The van der Waals surface area contributed by atoms with Gasteiger partial charge >= 0.3 is 0 Å². The second-order valence-electron chi connectivity index (χ2n) is 4.12. The van der Waals surface area contributed by atoms with Gasteiger partial charge in [-0.3, -0.25) is 14.8 Å². The molecule has 0 bridgehead atoms. The van der Waals surface area contributed by atoms with Gasteiger partial charge in [0.25, 0.3) is 0 Å². The van der Waals surface area contributed by atoms with Crippen LogP contribution in [0.3, 0.4) is 0 Å². The van der Waals surface area contributed by atoms with Gasteiger partial charge in [-0.25, -0.2) is 0 Å². The number of anilines is 1. The minimum atomic E-state index is 0.0447. The number of hydrogen-bond donors (Lipinski definition) is 1. The summed E-state index contributed by atoms with van der Waals surface area (Å²) in [5.41, 5.74) is 2.62. The number of aromatic nitrogens is 2. The molecule has 1 amide bonds. The van der Waals surface area contributed by atoms with Crippen molar-refractivity contribution in [2.24, 2.45) is 0 Å². The number of pyridine rings is 2. The Hall–Kier alpha value is -1.69. The first-order valence-corrected chi connectivity index (χ1v) is 6.45. The van der Waals surface area contributed by atoms with Crippen LogP contribution in [0.1, 0.15) is 0 Å². The second-order valence-corrected chi connectivity index (χ2v) is 5.04. The highest BCUT2D eigenvalue weighted by Gasteiger charge is 2.18. The van der Waals surface area contributed by atoms with E-state index in [1.54, 1.807) is 12.4 Å². The molecule has 0 saturated carbocycles. The predicted octanol–water partition coefficient (Wildman–Crippen LogP) is 1.33. The molecule has 3 rings (SSSR count). The molecule has 1 aliphatic rings. The topological polar surface area (TPSA) is 58.1 Å². The molecule has 0 aromatic carbocycles. The van der Waals surface area contributed by atoms with Gasteiger partial charge in [0, 0.05) is 30.0 Å². The lowest BCUT2D eigenvalue weighted by atomic mass is 10.2. The van der Waals surface area contributed by atoms with Crippen molar-refractivity contribution in [1.29, 1.82) is 0 Å². The summed E-state index contributed by atoms with van der Waals surface area (Å²) in [7, 11) is 0. The summed E-state index contributed by atoms with van der Waals surface area (Å²) in [5, 5.41) is 2.81. The zero-order valence-corrected chi connectivity index (χ0v) is 11.1. The first-order chi connectivity index (χ1) is 8.74. The third-order valence-corrected chi connectivity index (χ3v) is 3.34. The van der Waals surface area contributed by atoms with E-state index < -0.39 is 0 Å². The van der Waals surface area contributed by atoms with Gasteiger partial charge in [0.15, 0.2) is 0 Å². The maximum Gasteiger partial charge on any atom is 0.239 e. The van der Waals surface area contributed by atoms with Gasteiger partial charge in [0.05, 0.1) is 17.7 Å². The quantitative estimate of drug-likeness (QED) is 0.863. The average Bonchev–Trinajstić information content (AvgIpc) is 2.37. The van der Waals surface area contributed by atoms with E-state index in [-0.39, 0.29) is 5.91 Å². The summed E-state index contributed by atoms with van der Waals surface area (Å²) in [6.45, 7) is 1.83. The molecular formula is C12H11BrN4O. The van der Waals surface area contributed by atoms with E-state index in [0.29, 0.717) is 13.1 Å². The summed E-state index contributed by atoms with van der Waals surface area (Å²) in [6, 6.07) is 3.83. The molecule has 2 aromatic heterocycles. The van der Waals surface area contributed by atoms with Gasteiger partial charge in [-0.05, 0) is 28.1 Å². The third-order valence-electron chi connectivity index (χ3n) is 2.90. The van der Waals surface area contributed by atoms with E-state index in [1.807, 2.05) is 17.0 Å². The van der Waals surface area contributed by atoms with E-state index >= 15 is 0 Å². The van der Waals surface area contributed by atoms with E-state index in [2.05, 4.69) is 31.2 Å². The minimum absolute atomic E-state index is 0.0447. The van der Waals surface area contributed by atoms with Crippen molar-refractivity contribution in [1.82, 2.24) is 15.3 Å². The average molecular weight is 307 g/mol. The number of carbonyl (C=O) groups excluding carboxylic acids is 1. The van der Waals surface area contributed by atoms with Crippen LogP contribution in [0, 0.1) is 0 Å². The molecule has 1 aliphatic heterocycles. The number of carbonyl (C=O) groups is 1. The molecule has 5 nitrogen and oxygen atoms in total. The highest BCUT2D eigenvalue weighted by molar-refractivity contribution is 9.10. The van der Waals surface area contributed by atoms with Crippen LogP contribution >= 0.6 is 15.9 Å². The predicted molar refractivity (Wildman–Crippen MR) is 72.5 cm³/mol. The molecule has 0 aliphatic carbocycles. The Morgan fingerprint density at radius 2 is 2.28 bits per heavy atom. The maximum atomic E-state index is 11.4. The van der Waals surface area contributed by atoms with Gasteiger partial charge < -0.3 is 10.2 Å². The zero-order chi connectivity index (χ0) is 12.5. The molecule has 0 spiro atoms. The zero-order valence-electron chi connectivity index (χ0n) is 9.56. The number of nitrogens with zero attached hydrogens (tertiary/aromatic N) is 3. The molecule has 92 valence electrons. The fourth-order valence-electron chi connectivity index (χ4n) is 2.09. The highest BCUT2D eigenvalue weighted by atomic mass is 79.9. The summed E-state index contributed by atoms with van der Waals surface area (Å²) in [5.74, 6) is 0.0447. The fraction of sp³-hybridized carbons (Fsp3) is 0.250. The number of fused-ring (bicyclic) bond motifs is 1. The van der Waals surface area contributed by atoms with Crippen molar-refractivity contribution in [2.45, 2.75) is 0 Å². The van der Waals surface area contributed by atoms with E-state index in [9.17, 15) is 4.79 Å². The first-order valence-electron chi connectivity index (χ1n) is 5.66. The number of hydrogen-bond acceptors (Lipinski definition) is 4. The number of amides is 1. The Labute approximate surface area is 112 Å². The molecule has 18 heavy (non-hydrogen) atoms. The number of rotatable bonds is 1. The third kappa shape index (κ3) is 2.03. The summed E-state index contributed by atoms with van der Waals surface area (Å²) >= 11 is 3.38. The molecule has 0 radical (unpaired) electrons. The lowest BCUT2D eigenvalue weighted by molar-refractivity contribution is -0.120. The van der Waals surface area contributed by atoms with Gasteiger partial charge in [0.1, 0.15) is 5.52 Å². The van der Waals surface area contributed by atoms with Gasteiger partial charge in [0.2, 0.25) is 5.91 Å². The Balaban J connectivity index is 2.08. The number of piperazine rings is 1. The standard InChI is InChI=1S/C12H11BrN4O/c13-8-5-9-12(16-6-8)10(1-2-14-9)17-4-3-15-11(18)7-17/h1-2,5-6H,3-4,7H2,(H,15,18). The Bertz CT molecular complexity index is 616. The maximum absolute atomic E-state index is 11.4. The van der Waals surface area contributed by atoms with Crippen molar-refractivity contribution in [3.05, 3.63) is 29.0 Å². The lowest BCUT2D eigenvalue weighted by Crippen LogP contribution is -2.47. The highest BCUT2D eigenvalue weighted by Crippen LogP contribution is 2.25. The molecule has 2 aromatic rings. The first kappa shape index (κ1) is 11.4. The SMILES string of the molecule is O=C1CN(c2ccnc3cc(Br)cnc23)CCN1. The molecule has 0 unspecified atom stereocenters. The van der Waals surface area contributed by atoms with Crippen molar-refractivity contribution in [3.63, 3.8) is 0 Å². The van der Waals surface area contributed by atoms with Crippen LogP contribution in [0.25, 0.3) is 11.0 Å².